The normalized spacial score (nSPS) is 12.9. The van der Waals surface area contributed by atoms with Crippen LogP contribution in [0.3, 0.4) is 0 Å². The quantitative estimate of drug-likeness (QED) is 0.236. The van der Waals surface area contributed by atoms with Crippen molar-refractivity contribution >= 4 is 71.2 Å². The summed E-state index contributed by atoms with van der Waals surface area (Å²) in [6, 6.07) is 40.0. The lowest BCUT2D eigenvalue weighted by Gasteiger charge is -2.13. The van der Waals surface area contributed by atoms with Gasteiger partial charge in [-0.15, -0.1) is 11.3 Å². The number of rotatable bonds is 3. The van der Waals surface area contributed by atoms with E-state index in [0.29, 0.717) is 0 Å². The van der Waals surface area contributed by atoms with Gasteiger partial charge in [-0.05, 0) is 110 Å². The molecule has 180 valence electrons. The van der Waals surface area contributed by atoms with Crippen molar-refractivity contribution in [2.24, 2.45) is 0 Å². The zero-order chi connectivity index (χ0) is 25.1. The second-order valence-electron chi connectivity index (χ2n) is 10.2. The first kappa shape index (κ1) is 21.7. The van der Waals surface area contributed by atoms with Crippen LogP contribution in [-0.4, -0.2) is 0 Å². The van der Waals surface area contributed by atoms with E-state index < -0.39 is 0 Å². The number of allylic oxidation sites excluding steroid dienone is 1. The fourth-order valence-electron chi connectivity index (χ4n) is 6.06. The number of benzene rings is 6. The van der Waals surface area contributed by atoms with Crippen LogP contribution in [0.4, 0.5) is 11.4 Å². The number of fused-ring (bicyclic) bond motifs is 9. The van der Waals surface area contributed by atoms with Crippen molar-refractivity contribution in [3.05, 3.63) is 126 Å². The largest absolute Gasteiger partial charge is 0.356 e. The fourth-order valence-corrected chi connectivity index (χ4v) is 7.22. The first-order valence-electron chi connectivity index (χ1n) is 13.2. The minimum Gasteiger partial charge on any atom is -0.356 e. The predicted molar refractivity (Wildman–Crippen MR) is 167 cm³/mol. The molecule has 2 heteroatoms. The van der Waals surface area contributed by atoms with Gasteiger partial charge in [0.15, 0.2) is 0 Å². The molecule has 8 rings (SSSR count). The zero-order valence-electron chi connectivity index (χ0n) is 20.9. The third kappa shape index (κ3) is 3.45. The number of nitrogens with one attached hydrogen (secondary N) is 1. The Morgan fingerprint density at radius 1 is 0.526 bits per heavy atom. The Morgan fingerprint density at radius 2 is 1.16 bits per heavy atom. The van der Waals surface area contributed by atoms with Gasteiger partial charge in [0.1, 0.15) is 0 Å². The summed E-state index contributed by atoms with van der Waals surface area (Å²) in [6.45, 7) is 0. The van der Waals surface area contributed by atoms with Crippen molar-refractivity contribution in [2.75, 3.05) is 5.32 Å². The zero-order valence-corrected chi connectivity index (χ0v) is 21.7. The topological polar surface area (TPSA) is 12.0 Å². The van der Waals surface area contributed by atoms with Gasteiger partial charge in [0.25, 0.3) is 0 Å². The molecule has 0 saturated carbocycles. The van der Waals surface area contributed by atoms with Crippen LogP contribution in [0.5, 0.6) is 0 Å². The van der Waals surface area contributed by atoms with Crippen LogP contribution in [-0.2, 0) is 6.42 Å². The van der Waals surface area contributed by atoms with E-state index in [2.05, 4.69) is 127 Å². The molecule has 0 amide bonds. The standard InChI is InChI=1S/C36H25NS/c1-2-9-29-27(7-1)28-8-3-4-10-30(28)33-22-26(18-19-31(29)33)37-25-16-13-23(14-17-25)24-15-20-36-34(21-24)32-11-5-6-12-35(32)38-36/h1-4,6-10,12-22,37H,5,11H2. The summed E-state index contributed by atoms with van der Waals surface area (Å²) in [5.41, 5.74) is 6.25. The van der Waals surface area contributed by atoms with Crippen LogP contribution in [0.25, 0.3) is 59.6 Å². The van der Waals surface area contributed by atoms with E-state index in [9.17, 15) is 0 Å². The summed E-state index contributed by atoms with van der Waals surface area (Å²) in [5, 5.41) is 12.9. The minimum atomic E-state index is 1.09. The van der Waals surface area contributed by atoms with Gasteiger partial charge in [0.05, 0.1) is 0 Å². The first-order chi connectivity index (χ1) is 18.8. The third-order valence-electron chi connectivity index (χ3n) is 7.90. The predicted octanol–water partition coefficient (Wildman–Crippen LogP) is 10.7. The van der Waals surface area contributed by atoms with Crippen molar-refractivity contribution in [1.29, 1.82) is 0 Å². The second kappa shape index (κ2) is 8.58. The van der Waals surface area contributed by atoms with Crippen molar-refractivity contribution in [3.63, 3.8) is 0 Å². The molecule has 0 radical (unpaired) electrons. The number of anilines is 2. The molecule has 6 aromatic carbocycles. The SMILES string of the molecule is C1=Cc2sc3ccc(-c4ccc(Nc5ccc6c7ccccc7c7ccccc7c6c5)cc4)cc3c2CC1. The highest BCUT2D eigenvalue weighted by molar-refractivity contribution is 7.20. The Balaban J connectivity index is 1.15. The summed E-state index contributed by atoms with van der Waals surface area (Å²) in [5.74, 6) is 0. The fraction of sp³-hybridized carbons (Fsp3) is 0.0556. The van der Waals surface area contributed by atoms with Crippen LogP contribution in [0.15, 0.2) is 115 Å². The molecule has 1 nitrogen and oxygen atoms in total. The average Bonchev–Trinajstić information content (AvgIpc) is 3.36. The van der Waals surface area contributed by atoms with E-state index in [0.717, 1.165) is 24.2 Å². The van der Waals surface area contributed by atoms with Crippen molar-refractivity contribution in [2.45, 2.75) is 12.8 Å². The molecular weight excluding hydrogens is 478 g/mol. The molecule has 0 atom stereocenters. The Labute approximate surface area is 225 Å². The number of hydrogen-bond donors (Lipinski definition) is 1. The Morgan fingerprint density at radius 3 is 1.89 bits per heavy atom. The van der Waals surface area contributed by atoms with Crippen LogP contribution in [0, 0.1) is 0 Å². The third-order valence-corrected chi connectivity index (χ3v) is 9.08. The number of hydrogen-bond acceptors (Lipinski definition) is 2. The molecule has 0 spiro atoms. The van der Waals surface area contributed by atoms with E-state index in [1.54, 1.807) is 0 Å². The smallest absolute Gasteiger partial charge is 0.0390 e. The number of thiophene rings is 1. The molecule has 1 aliphatic carbocycles. The molecule has 0 saturated heterocycles. The molecule has 1 N–H and O–H groups in total. The van der Waals surface area contributed by atoms with Gasteiger partial charge in [-0.25, -0.2) is 0 Å². The molecule has 0 bridgehead atoms. The van der Waals surface area contributed by atoms with Crippen molar-refractivity contribution in [1.82, 2.24) is 0 Å². The van der Waals surface area contributed by atoms with Crippen LogP contribution in [0.1, 0.15) is 16.9 Å². The van der Waals surface area contributed by atoms with Gasteiger partial charge >= 0.3 is 0 Å². The Hall–Kier alpha value is -4.40. The summed E-state index contributed by atoms with van der Waals surface area (Å²) in [4.78, 5) is 1.43. The van der Waals surface area contributed by atoms with Gasteiger partial charge in [0.2, 0.25) is 0 Å². The van der Waals surface area contributed by atoms with E-state index in [1.807, 2.05) is 11.3 Å². The summed E-state index contributed by atoms with van der Waals surface area (Å²) >= 11 is 1.91. The Bertz CT molecular complexity index is 2010. The lowest BCUT2D eigenvalue weighted by atomic mass is 9.94. The monoisotopic (exact) mass is 503 g/mol. The van der Waals surface area contributed by atoms with Crippen LogP contribution >= 0.6 is 11.3 Å². The molecular formula is C36H25NS. The second-order valence-corrected chi connectivity index (χ2v) is 11.2. The van der Waals surface area contributed by atoms with Crippen molar-refractivity contribution < 1.29 is 0 Å². The lowest BCUT2D eigenvalue weighted by molar-refractivity contribution is 1.01. The van der Waals surface area contributed by atoms with E-state index in [4.69, 9.17) is 0 Å². The van der Waals surface area contributed by atoms with E-state index >= 15 is 0 Å². The van der Waals surface area contributed by atoms with Gasteiger partial charge in [-0.1, -0.05) is 78.9 Å². The molecule has 38 heavy (non-hydrogen) atoms. The Kier molecular flexibility index (Phi) is 4.89. The highest BCUT2D eigenvalue weighted by Gasteiger charge is 2.14. The van der Waals surface area contributed by atoms with Crippen molar-refractivity contribution in [3.8, 4) is 11.1 Å². The molecule has 0 aliphatic heterocycles. The highest BCUT2D eigenvalue weighted by atomic mass is 32.1. The summed E-state index contributed by atoms with van der Waals surface area (Å²) in [7, 11) is 0. The summed E-state index contributed by atoms with van der Waals surface area (Å²) < 4.78 is 1.39. The molecule has 7 aromatic rings. The maximum absolute atomic E-state index is 3.65. The van der Waals surface area contributed by atoms with Gasteiger partial charge < -0.3 is 5.32 Å². The molecule has 1 aliphatic rings. The first-order valence-corrected chi connectivity index (χ1v) is 14.1. The minimum absolute atomic E-state index is 1.09. The number of aryl methyl sites for hydroxylation is 1. The lowest BCUT2D eigenvalue weighted by Crippen LogP contribution is -1.91. The molecule has 1 heterocycles. The van der Waals surface area contributed by atoms with Crippen LogP contribution < -0.4 is 5.32 Å². The maximum Gasteiger partial charge on any atom is 0.0390 e. The van der Waals surface area contributed by atoms with Gasteiger partial charge in [-0.3, -0.25) is 0 Å². The average molecular weight is 504 g/mol. The molecule has 0 fully saturated rings. The van der Waals surface area contributed by atoms with Gasteiger partial charge in [-0.2, -0.15) is 0 Å². The van der Waals surface area contributed by atoms with E-state index in [1.165, 1.54) is 64.0 Å². The van der Waals surface area contributed by atoms with Gasteiger partial charge in [0, 0.05) is 21.0 Å². The van der Waals surface area contributed by atoms with E-state index in [-0.39, 0.29) is 0 Å². The highest BCUT2D eigenvalue weighted by Crippen LogP contribution is 2.39. The van der Waals surface area contributed by atoms with Crippen LogP contribution in [0.2, 0.25) is 0 Å². The summed E-state index contributed by atoms with van der Waals surface area (Å²) in [6.07, 6.45) is 6.88. The molecule has 1 aromatic heterocycles. The maximum atomic E-state index is 3.65. The molecule has 0 unspecified atom stereocenters.